The Morgan fingerprint density at radius 1 is 1.31 bits per heavy atom. The first-order valence-corrected chi connectivity index (χ1v) is 4.35. The number of halogens is 1. The molecule has 1 aromatic rings. The van der Waals surface area contributed by atoms with E-state index in [1.807, 2.05) is 0 Å². The largest absolute Gasteiger partial charge is 0.472 e. The van der Waals surface area contributed by atoms with Gasteiger partial charge in [-0.25, -0.2) is 4.39 Å². The van der Waals surface area contributed by atoms with Crippen LogP contribution >= 0.6 is 0 Å². The van der Waals surface area contributed by atoms with Crippen LogP contribution in [0.3, 0.4) is 0 Å². The van der Waals surface area contributed by atoms with Crippen molar-refractivity contribution < 1.29 is 9.13 Å². The van der Waals surface area contributed by atoms with Gasteiger partial charge in [-0.15, -0.1) is 0 Å². The van der Waals surface area contributed by atoms with Crippen LogP contribution in [-0.4, -0.2) is 6.23 Å². The molecular weight excluding hydrogens is 209 g/mol. The zero-order chi connectivity index (χ0) is 12.0. The van der Waals surface area contributed by atoms with E-state index in [0.717, 1.165) is 0 Å². The molecule has 0 aliphatic rings. The monoisotopic (exact) mass is 217 g/mol. The molecule has 0 radical (unpaired) electrons. The van der Waals surface area contributed by atoms with Crippen LogP contribution in [0.25, 0.3) is 0 Å². The van der Waals surface area contributed by atoms with Crippen molar-refractivity contribution in [3.8, 4) is 17.9 Å². The molecule has 1 aromatic carbocycles. The van der Waals surface area contributed by atoms with Gasteiger partial charge < -0.3 is 4.74 Å². The van der Waals surface area contributed by atoms with Gasteiger partial charge in [-0.1, -0.05) is 0 Å². The van der Waals surface area contributed by atoms with Crippen molar-refractivity contribution in [2.24, 2.45) is 5.73 Å². The molecule has 0 aliphatic carbocycles. The van der Waals surface area contributed by atoms with Crippen LogP contribution in [-0.2, 0) is 0 Å². The number of nitrogens with zero attached hydrogens (tertiary/aromatic N) is 2. The van der Waals surface area contributed by atoms with Gasteiger partial charge in [0, 0.05) is 0 Å². The normalized spacial score (nSPS) is 10.8. The number of allylic oxidation sites excluding steroid dienone is 1. The Kier molecular flexibility index (Phi) is 4.02. The summed E-state index contributed by atoms with van der Waals surface area (Å²) in [5.74, 6) is -0.0217. The summed E-state index contributed by atoms with van der Waals surface area (Å²) in [6.45, 7) is 0. The van der Waals surface area contributed by atoms with E-state index in [0.29, 0.717) is 5.75 Å². The molecule has 0 saturated heterocycles. The van der Waals surface area contributed by atoms with E-state index in [1.165, 1.54) is 30.3 Å². The second-order valence-electron chi connectivity index (χ2n) is 2.84. The predicted molar refractivity (Wildman–Crippen MR) is 54.3 cm³/mol. The van der Waals surface area contributed by atoms with Gasteiger partial charge in [0.25, 0.3) is 0 Å². The Morgan fingerprint density at radius 3 is 2.38 bits per heavy atom. The van der Waals surface area contributed by atoms with Crippen molar-refractivity contribution in [1.82, 2.24) is 0 Å². The zero-order valence-electron chi connectivity index (χ0n) is 8.22. The predicted octanol–water partition coefficient (Wildman–Crippen LogP) is 1.46. The van der Waals surface area contributed by atoms with Crippen LogP contribution in [0.1, 0.15) is 0 Å². The third-order valence-electron chi connectivity index (χ3n) is 1.66. The van der Waals surface area contributed by atoms with E-state index in [9.17, 15) is 4.39 Å². The lowest BCUT2D eigenvalue weighted by Gasteiger charge is -2.10. The molecule has 1 unspecified atom stereocenters. The maximum atomic E-state index is 12.6. The molecule has 5 heteroatoms. The molecule has 80 valence electrons. The summed E-state index contributed by atoms with van der Waals surface area (Å²) in [6.07, 6.45) is 0.267. The van der Waals surface area contributed by atoms with E-state index in [1.54, 1.807) is 12.1 Å². The lowest BCUT2D eigenvalue weighted by molar-refractivity contribution is 0.257. The molecule has 1 rings (SSSR count). The third-order valence-corrected chi connectivity index (χ3v) is 1.66. The fourth-order valence-corrected chi connectivity index (χ4v) is 0.968. The maximum absolute atomic E-state index is 12.6. The lowest BCUT2D eigenvalue weighted by Crippen LogP contribution is -2.24. The van der Waals surface area contributed by atoms with Crippen LogP contribution < -0.4 is 10.5 Å². The standard InChI is InChI=1S/C11H8FN3O/c12-9-1-3-10(4-2-9)16-11(15)5-8(6-13)7-14/h1-5,11H,15H2. The molecule has 0 amide bonds. The van der Waals surface area contributed by atoms with Crippen molar-refractivity contribution >= 4 is 0 Å². The quantitative estimate of drug-likeness (QED) is 0.613. The van der Waals surface area contributed by atoms with Gasteiger partial charge >= 0.3 is 0 Å². The van der Waals surface area contributed by atoms with Gasteiger partial charge in [0.05, 0.1) is 0 Å². The second kappa shape index (κ2) is 5.50. The van der Waals surface area contributed by atoms with Gasteiger partial charge in [-0.05, 0) is 30.3 Å². The molecular formula is C11H8FN3O. The van der Waals surface area contributed by atoms with E-state index in [-0.39, 0.29) is 11.4 Å². The minimum Gasteiger partial charge on any atom is -0.472 e. The van der Waals surface area contributed by atoms with Gasteiger partial charge in [0.15, 0.2) is 6.23 Å². The Bertz CT molecular complexity index is 451. The summed E-state index contributed by atoms with van der Waals surface area (Å²) >= 11 is 0. The minimum absolute atomic E-state index is 0.130. The van der Waals surface area contributed by atoms with Gasteiger partial charge in [0.1, 0.15) is 29.3 Å². The zero-order valence-corrected chi connectivity index (χ0v) is 8.22. The lowest BCUT2D eigenvalue weighted by atomic mass is 10.3. The fourth-order valence-electron chi connectivity index (χ4n) is 0.968. The average molecular weight is 217 g/mol. The minimum atomic E-state index is -0.917. The first-order valence-electron chi connectivity index (χ1n) is 4.35. The van der Waals surface area contributed by atoms with Crippen molar-refractivity contribution in [3.63, 3.8) is 0 Å². The Balaban J connectivity index is 2.69. The van der Waals surface area contributed by atoms with Gasteiger partial charge in [-0.2, -0.15) is 10.5 Å². The topological polar surface area (TPSA) is 82.8 Å². The molecule has 0 aromatic heterocycles. The van der Waals surface area contributed by atoms with Crippen molar-refractivity contribution in [2.45, 2.75) is 6.23 Å². The fraction of sp³-hybridized carbons (Fsp3) is 0.0909. The summed E-state index contributed by atoms with van der Waals surface area (Å²) in [5, 5.41) is 17.0. The number of benzene rings is 1. The summed E-state index contributed by atoms with van der Waals surface area (Å²) in [4.78, 5) is 0. The van der Waals surface area contributed by atoms with Crippen LogP contribution in [0.5, 0.6) is 5.75 Å². The SMILES string of the molecule is N#CC(C#N)=CC(N)Oc1ccc(F)cc1. The summed E-state index contributed by atoms with van der Waals surface area (Å²) < 4.78 is 17.7. The number of hydrogen-bond donors (Lipinski definition) is 1. The molecule has 16 heavy (non-hydrogen) atoms. The van der Waals surface area contributed by atoms with Crippen molar-refractivity contribution in [2.75, 3.05) is 0 Å². The van der Waals surface area contributed by atoms with E-state index in [2.05, 4.69) is 0 Å². The van der Waals surface area contributed by atoms with Crippen LogP contribution in [0.2, 0.25) is 0 Å². The highest BCUT2D eigenvalue weighted by Gasteiger charge is 2.03. The first kappa shape index (κ1) is 11.7. The summed E-state index contributed by atoms with van der Waals surface area (Å²) in [6, 6.07) is 8.57. The van der Waals surface area contributed by atoms with Gasteiger partial charge in [-0.3, -0.25) is 5.73 Å². The molecule has 0 saturated carbocycles. The number of rotatable bonds is 3. The van der Waals surface area contributed by atoms with E-state index >= 15 is 0 Å². The molecule has 0 aliphatic heterocycles. The molecule has 2 N–H and O–H groups in total. The molecule has 0 spiro atoms. The molecule has 0 fully saturated rings. The number of hydrogen-bond acceptors (Lipinski definition) is 4. The third kappa shape index (κ3) is 3.41. The van der Waals surface area contributed by atoms with E-state index in [4.69, 9.17) is 21.0 Å². The molecule has 4 nitrogen and oxygen atoms in total. The number of nitrogens with two attached hydrogens (primary N) is 1. The number of ether oxygens (including phenoxy) is 1. The Labute approximate surface area is 92.0 Å². The van der Waals surface area contributed by atoms with E-state index < -0.39 is 6.23 Å². The molecule has 1 atom stereocenters. The highest BCUT2D eigenvalue weighted by molar-refractivity contribution is 5.36. The molecule has 0 heterocycles. The van der Waals surface area contributed by atoms with Crippen molar-refractivity contribution in [3.05, 3.63) is 41.7 Å². The summed E-state index contributed by atoms with van der Waals surface area (Å²) in [5.41, 5.74) is 5.37. The highest BCUT2D eigenvalue weighted by Crippen LogP contribution is 2.12. The first-order chi connectivity index (χ1) is 7.65. The summed E-state index contributed by atoms with van der Waals surface area (Å²) in [7, 11) is 0. The average Bonchev–Trinajstić information content (AvgIpc) is 2.29. The Hall–Kier alpha value is -2.37. The molecule has 0 bridgehead atoms. The van der Waals surface area contributed by atoms with Gasteiger partial charge in [0.2, 0.25) is 0 Å². The van der Waals surface area contributed by atoms with Crippen LogP contribution in [0.15, 0.2) is 35.9 Å². The maximum Gasteiger partial charge on any atom is 0.169 e. The Morgan fingerprint density at radius 2 is 1.88 bits per heavy atom. The van der Waals surface area contributed by atoms with Crippen LogP contribution in [0, 0.1) is 28.5 Å². The smallest absolute Gasteiger partial charge is 0.169 e. The van der Waals surface area contributed by atoms with Crippen molar-refractivity contribution in [1.29, 1.82) is 10.5 Å². The van der Waals surface area contributed by atoms with Crippen LogP contribution in [0.4, 0.5) is 4.39 Å². The number of nitriles is 2. The second-order valence-corrected chi connectivity index (χ2v) is 2.84. The highest BCUT2D eigenvalue weighted by atomic mass is 19.1.